The fourth-order valence-electron chi connectivity index (χ4n) is 2.84. The van der Waals surface area contributed by atoms with Gasteiger partial charge in [-0.25, -0.2) is 0 Å². The lowest BCUT2D eigenvalue weighted by Gasteiger charge is -2.24. The maximum Gasteiger partial charge on any atom is 0.266 e. The first-order chi connectivity index (χ1) is 10.2. The molecule has 0 bridgehead atoms. The van der Waals surface area contributed by atoms with Crippen molar-refractivity contribution in [2.75, 3.05) is 18.8 Å². The molecule has 2 heterocycles. The van der Waals surface area contributed by atoms with Crippen molar-refractivity contribution in [2.24, 2.45) is 0 Å². The smallest absolute Gasteiger partial charge is 0.266 e. The number of nitrogen functional groups attached to an aromatic ring is 1. The molecule has 0 unspecified atom stereocenters. The first kappa shape index (κ1) is 14.7. The SMILES string of the molecule is Nc1c(C(=O)N2CCCCCCC2)sc2ccc(Cl)cc12. The van der Waals surface area contributed by atoms with Crippen molar-refractivity contribution < 1.29 is 4.79 Å². The Morgan fingerprint density at radius 3 is 2.52 bits per heavy atom. The first-order valence-electron chi connectivity index (χ1n) is 7.43. The molecular formula is C16H19ClN2OS. The summed E-state index contributed by atoms with van der Waals surface area (Å²) in [5, 5.41) is 1.54. The monoisotopic (exact) mass is 322 g/mol. The Balaban J connectivity index is 1.91. The van der Waals surface area contributed by atoms with Gasteiger partial charge in [-0.05, 0) is 31.0 Å². The number of hydrogen-bond donors (Lipinski definition) is 1. The number of hydrogen-bond acceptors (Lipinski definition) is 3. The number of likely N-dealkylation sites (tertiary alicyclic amines) is 1. The largest absolute Gasteiger partial charge is 0.397 e. The van der Waals surface area contributed by atoms with Gasteiger partial charge in [-0.3, -0.25) is 4.79 Å². The summed E-state index contributed by atoms with van der Waals surface area (Å²) in [5.41, 5.74) is 6.76. The summed E-state index contributed by atoms with van der Waals surface area (Å²) in [5.74, 6) is 0.0757. The van der Waals surface area contributed by atoms with Gasteiger partial charge in [0.25, 0.3) is 5.91 Å². The maximum atomic E-state index is 12.8. The van der Waals surface area contributed by atoms with Gasteiger partial charge in [0, 0.05) is 28.2 Å². The molecule has 3 nitrogen and oxygen atoms in total. The molecule has 1 amide bonds. The number of nitrogens with two attached hydrogens (primary N) is 1. The van der Waals surface area contributed by atoms with Gasteiger partial charge < -0.3 is 10.6 Å². The first-order valence-corrected chi connectivity index (χ1v) is 8.63. The third kappa shape index (κ3) is 3.01. The van der Waals surface area contributed by atoms with Gasteiger partial charge in [0.05, 0.1) is 5.69 Å². The zero-order chi connectivity index (χ0) is 14.8. The van der Waals surface area contributed by atoms with Crippen LogP contribution < -0.4 is 5.73 Å². The normalized spacial score (nSPS) is 16.7. The van der Waals surface area contributed by atoms with E-state index in [0.717, 1.165) is 36.0 Å². The van der Waals surface area contributed by atoms with Crippen molar-refractivity contribution in [3.05, 3.63) is 28.1 Å². The van der Waals surface area contributed by atoms with E-state index in [2.05, 4.69) is 0 Å². The highest BCUT2D eigenvalue weighted by molar-refractivity contribution is 7.21. The Morgan fingerprint density at radius 2 is 1.81 bits per heavy atom. The molecule has 2 aromatic rings. The summed E-state index contributed by atoms with van der Waals surface area (Å²) < 4.78 is 1.02. The van der Waals surface area contributed by atoms with Crippen LogP contribution in [0.1, 0.15) is 41.8 Å². The fraction of sp³-hybridized carbons (Fsp3) is 0.438. The van der Waals surface area contributed by atoms with Crippen molar-refractivity contribution in [3.63, 3.8) is 0 Å². The quantitative estimate of drug-likeness (QED) is 0.837. The van der Waals surface area contributed by atoms with E-state index in [0.29, 0.717) is 15.6 Å². The molecule has 5 heteroatoms. The summed E-state index contributed by atoms with van der Waals surface area (Å²) in [4.78, 5) is 15.4. The van der Waals surface area contributed by atoms with Gasteiger partial charge in [-0.15, -0.1) is 11.3 Å². The number of anilines is 1. The number of carbonyl (C=O) groups excluding carboxylic acids is 1. The lowest BCUT2D eigenvalue weighted by Crippen LogP contribution is -2.33. The standard InChI is InChI=1S/C16H19ClN2OS/c17-11-6-7-13-12(10-11)14(18)15(21-13)16(20)19-8-4-2-1-3-5-9-19/h6-7,10H,1-5,8-9,18H2. The lowest BCUT2D eigenvalue weighted by atomic mass is 10.1. The Labute approximate surface area is 133 Å². The van der Waals surface area contributed by atoms with E-state index in [4.69, 9.17) is 17.3 Å². The molecule has 0 aliphatic carbocycles. The van der Waals surface area contributed by atoms with E-state index in [9.17, 15) is 4.79 Å². The second kappa shape index (κ2) is 6.24. The van der Waals surface area contributed by atoms with Crippen LogP contribution >= 0.6 is 22.9 Å². The molecule has 21 heavy (non-hydrogen) atoms. The zero-order valence-electron chi connectivity index (χ0n) is 11.9. The van der Waals surface area contributed by atoms with Crippen molar-refractivity contribution in [3.8, 4) is 0 Å². The molecule has 1 aromatic heterocycles. The summed E-state index contributed by atoms with van der Waals surface area (Å²) in [6.07, 6.45) is 5.87. The van der Waals surface area contributed by atoms with Crippen LogP contribution in [-0.2, 0) is 0 Å². The molecule has 2 N–H and O–H groups in total. The van der Waals surface area contributed by atoms with Crippen molar-refractivity contribution in [2.45, 2.75) is 32.1 Å². The predicted molar refractivity (Wildman–Crippen MR) is 90.2 cm³/mol. The van der Waals surface area contributed by atoms with Gasteiger partial charge in [-0.2, -0.15) is 0 Å². The molecule has 1 aromatic carbocycles. The van der Waals surface area contributed by atoms with Crippen LogP contribution in [-0.4, -0.2) is 23.9 Å². The number of amides is 1. The average molecular weight is 323 g/mol. The van der Waals surface area contributed by atoms with Crippen molar-refractivity contribution >= 4 is 44.6 Å². The van der Waals surface area contributed by atoms with E-state index in [1.807, 2.05) is 23.1 Å². The number of carbonyl (C=O) groups is 1. The number of benzene rings is 1. The van der Waals surface area contributed by atoms with Crippen LogP contribution in [0.3, 0.4) is 0 Å². The Kier molecular flexibility index (Phi) is 4.36. The molecule has 1 aliphatic rings. The molecule has 0 atom stereocenters. The molecule has 1 aliphatic heterocycles. The minimum Gasteiger partial charge on any atom is -0.397 e. The zero-order valence-corrected chi connectivity index (χ0v) is 13.5. The maximum absolute atomic E-state index is 12.8. The van der Waals surface area contributed by atoms with Crippen LogP contribution in [0.25, 0.3) is 10.1 Å². The van der Waals surface area contributed by atoms with E-state index < -0.39 is 0 Å². The van der Waals surface area contributed by atoms with Crippen LogP contribution in [0.5, 0.6) is 0 Å². The highest BCUT2D eigenvalue weighted by Crippen LogP contribution is 2.36. The van der Waals surface area contributed by atoms with Gasteiger partial charge in [0.15, 0.2) is 0 Å². The molecule has 112 valence electrons. The van der Waals surface area contributed by atoms with Crippen LogP contribution in [0.4, 0.5) is 5.69 Å². The van der Waals surface area contributed by atoms with Crippen LogP contribution in [0.15, 0.2) is 18.2 Å². The highest BCUT2D eigenvalue weighted by Gasteiger charge is 2.22. The van der Waals surface area contributed by atoms with Crippen molar-refractivity contribution in [1.29, 1.82) is 0 Å². The molecule has 1 fully saturated rings. The average Bonchev–Trinajstić information content (AvgIpc) is 2.75. The molecule has 0 spiro atoms. The number of thiophene rings is 1. The Morgan fingerprint density at radius 1 is 1.14 bits per heavy atom. The second-order valence-electron chi connectivity index (χ2n) is 5.55. The van der Waals surface area contributed by atoms with Gasteiger partial charge in [-0.1, -0.05) is 30.9 Å². The summed E-state index contributed by atoms with van der Waals surface area (Å²) in [7, 11) is 0. The number of halogens is 1. The van der Waals surface area contributed by atoms with Gasteiger partial charge >= 0.3 is 0 Å². The van der Waals surface area contributed by atoms with E-state index in [-0.39, 0.29) is 5.91 Å². The number of fused-ring (bicyclic) bond motifs is 1. The second-order valence-corrected chi connectivity index (χ2v) is 7.03. The highest BCUT2D eigenvalue weighted by atomic mass is 35.5. The third-order valence-corrected chi connectivity index (χ3v) is 5.44. The molecule has 3 rings (SSSR count). The van der Waals surface area contributed by atoms with Gasteiger partial charge in [0.1, 0.15) is 4.88 Å². The Bertz CT molecular complexity index is 660. The summed E-state index contributed by atoms with van der Waals surface area (Å²) in [6, 6.07) is 5.61. The minimum absolute atomic E-state index is 0.0757. The predicted octanol–water partition coefficient (Wildman–Crippen LogP) is 4.54. The molecular weight excluding hydrogens is 304 g/mol. The summed E-state index contributed by atoms with van der Waals surface area (Å²) in [6.45, 7) is 1.68. The number of rotatable bonds is 1. The van der Waals surface area contributed by atoms with Crippen molar-refractivity contribution in [1.82, 2.24) is 4.90 Å². The minimum atomic E-state index is 0.0757. The van der Waals surface area contributed by atoms with Gasteiger partial charge in [0.2, 0.25) is 0 Å². The molecule has 0 radical (unpaired) electrons. The topological polar surface area (TPSA) is 46.3 Å². The fourth-order valence-corrected chi connectivity index (χ4v) is 4.09. The van der Waals surface area contributed by atoms with Crippen LogP contribution in [0, 0.1) is 0 Å². The van der Waals surface area contributed by atoms with E-state index in [1.54, 1.807) is 0 Å². The van der Waals surface area contributed by atoms with E-state index in [1.165, 1.54) is 30.6 Å². The Hall–Kier alpha value is -1.26. The van der Waals surface area contributed by atoms with Crippen LogP contribution in [0.2, 0.25) is 5.02 Å². The lowest BCUT2D eigenvalue weighted by molar-refractivity contribution is 0.0748. The third-order valence-electron chi connectivity index (χ3n) is 4.03. The molecule has 0 saturated carbocycles. The van der Waals surface area contributed by atoms with E-state index >= 15 is 0 Å². The number of nitrogens with zero attached hydrogens (tertiary/aromatic N) is 1. The summed E-state index contributed by atoms with van der Waals surface area (Å²) >= 11 is 7.49. The molecule has 1 saturated heterocycles.